The number of hydrogen-bond donors (Lipinski definition) is 1. The molecule has 1 N–H and O–H groups in total. The monoisotopic (exact) mass is 361 g/mol. The average Bonchev–Trinajstić information content (AvgIpc) is 2.53. The van der Waals surface area contributed by atoms with E-state index < -0.39 is 36.0 Å². The number of halogens is 2. The maximum atomic E-state index is 12.0. The van der Waals surface area contributed by atoms with Crippen molar-refractivity contribution in [3.8, 4) is 0 Å². The number of benzene rings is 1. The molecule has 1 amide bonds. The molecule has 0 spiro atoms. The van der Waals surface area contributed by atoms with Gasteiger partial charge in [-0.1, -0.05) is 23.2 Å². The summed E-state index contributed by atoms with van der Waals surface area (Å²) in [6.07, 6.45) is -0.608. The third kappa shape index (κ3) is 5.22. The molecule has 0 heterocycles. The highest BCUT2D eigenvalue weighted by atomic mass is 35.5. The van der Waals surface area contributed by atoms with E-state index in [1.807, 2.05) is 0 Å². The number of anilines is 1. The molecule has 0 aromatic heterocycles. The van der Waals surface area contributed by atoms with E-state index in [1.54, 1.807) is 0 Å². The molecule has 0 aliphatic rings. The van der Waals surface area contributed by atoms with Gasteiger partial charge in [-0.25, -0.2) is 4.79 Å². The lowest BCUT2D eigenvalue weighted by Gasteiger charge is -2.13. The molecule has 1 rings (SSSR count). The van der Waals surface area contributed by atoms with E-state index in [-0.39, 0.29) is 10.7 Å². The molecule has 0 bridgehead atoms. The van der Waals surface area contributed by atoms with E-state index >= 15 is 0 Å². The van der Waals surface area contributed by atoms with E-state index in [9.17, 15) is 19.2 Å². The van der Waals surface area contributed by atoms with Crippen molar-refractivity contribution < 1.29 is 28.7 Å². The summed E-state index contributed by atoms with van der Waals surface area (Å²) in [5.41, 5.74) is 0.207. The third-order valence-electron chi connectivity index (χ3n) is 2.78. The molecule has 1 aromatic rings. The van der Waals surface area contributed by atoms with Gasteiger partial charge in [0.2, 0.25) is 5.91 Å². The largest absolute Gasteiger partial charge is 0.468 e. The number of carbonyl (C=O) groups excluding carboxylic acids is 4. The summed E-state index contributed by atoms with van der Waals surface area (Å²) >= 11 is 11.7. The molecule has 1 aromatic carbocycles. The Morgan fingerprint density at radius 2 is 1.78 bits per heavy atom. The molecular formula is C14H13Cl2NO6. The number of ketones is 1. The number of Topliss-reactive ketones (excluding diaryl/α,β-unsaturated/α-hetero) is 1. The Bertz CT molecular complexity index is 646. The number of methoxy groups -OCH3 is 2. The van der Waals surface area contributed by atoms with Crippen LogP contribution in [-0.2, 0) is 28.7 Å². The number of hydrogen-bond acceptors (Lipinski definition) is 6. The molecule has 1 unspecified atom stereocenters. The van der Waals surface area contributed by atoms with Gasteiger partial charge in [-0.2, -0.15) is 0 Å². The number of carbonyl (C=O) groups is 4. The fraction of sp³-hybridized carbons (Fsp3) is 0.286. The van der Waals surface area contributed by atoms with Crippen LogP contribution in [0.4, 0.5) is 5.69 Å². The molecule has 9 heteroatoms. The minimum Gasteiger partial charge on any atom is -0.468 e. The molecule has 7 nitrogen and oxygen atoms in total. The zero-order valence-corrected chi connectivity index (χ0v) is 13.7. The summed E-state index contributed by atoms with van der Waals surface area (Å²) in [5.74, 6) is -5.76. The van der Waals surface area contributed by atoms with Gasteiger partial charge in [0.15, 0.2) is 0 Å². The number of esters is 2. The van der Waals surface area contributed by atoms with Crippen LogP contribution in [-0.4, -0.2) is 37.8 Å². The Kier molecular flexibility index (Phi) is 6.99. The van der Waals surface area contributed by atoms with Crippen LogP contribution in [0.3, 0.4) is 0 Å². The van der Waals surface area contributed by atoms with Gasteiger partial charge in [-0.15, -0.1) is 0 Å². The van der Waals surface area contributed by atoms with Crippen molar-refractivity contribution in [3.63, 3.8) is 0 Å². The first-order valence-corrected chi connectivity index (χ1v) is 7.00. The van der Waals surface area contributed by atoms with E-state index in [4.69, 9.17) is 23.2 Å². The Hall–Kier alpha value is -2.12. The quantitative estimate of drug-likeness (QED) is 0.471. The van der Waals surface area contributed by atoms with Crippen molar-refractivity contribution in [1.82, 2.24) is 0 Å². The molecule has 0 saturated heterocycles. The van der Waals surface area contributed by atoms with Crippen LogP contribution in [0.5, 0.6) is 0 Å². The maximum absolute atomic E-state index is 12.0. The van der Waals surface area contributed by atoms with Crippen LogP contribution in [0.2, 0.25) is 10.0 Å². The molecule has 1 atom stereocenters. The van der Waals surface area contributed by atoms with E-state index in [0.29, 0.717) is 5.02 Å². The summed E-state index contributed by atoms with van der Waals surface area (Å²) in [7, 11) is 2.02. The lowest BCUT2D eigenvalue weighted by atomic mass is 9.99. The van der Waals surface area contributed by atoms with Crippen molar-refractivity contribution in [1.29, 1.82) is 0 Å². The molecule has 124 valence electrons. The van der Waals surface area contributed by atoms with Crippen molar-refractivity contribution in [2.45, 2.75) is 6.42 Å². The van der Waals surface area contributed by atoms with Gasteiger partial charge >= 0.3 is 11.9 Å². The summed E-state index contributed by atoms with van der Waals surface area (Å²) in [5, 5.41) is 2.96. The van der Waals surface area contributed by atoms with Crippen LogP contribution < -0.4 is 5.32 Å². The van der Waals surface area contributed by atoms with Gasteiger partial charge in [-0.05, 0) is 18.2 Å². The zero-order chi connectivity index (χ0) is 17.6. The summed E-state index contributed by atoms with van der Waals surface area (Å²) in [6.45, 7) is 0. The first-order chi connectivity index (χ1) is 10.8. The first-order valence-electron chi connectivity index (χ1n) is 6.25. The highest BCUT2D eigenvalue weighted by Crippen LogP contribution is 2.25. The SMILES string of the molecule is COC(=O)C(=O)C(CC(=O)Nc1cc(Cl)ccc1Cl)C(=O)OC. The Morgan fingerprint density at radius 1 is 1.13 bits per heavy atom. The predicted molar refractivity (Wildman–Crippen MR) is 82.2 cm³/mol. The molecule has 0 fully saturated rings. The average molecular weight is 362 g/mol. The van der Waals surface area contributed by atoms with Gasteiger partial charge in [0.05, 0.1) is 24.9 Å². The number of nitrogens with one attached hydrogen (secondary N) is 1. The fourth-order valence-electron chi connectivity index (χ4n) is 1.65. The minimum absolute atomic E-state index is 0.207. The molecular weight excluding hydrogens is 349 g/mol. The lowest BCUT2D eigenvalue weighted by molar-refractivity contribution is -0.160. The van der Waals surface area contributed by atoms with Gasteiger partial charge in [0, 0.05) is 11.4 Å². The smallest absolute Gasteiger partial charge is 0.375 e. The second-order valence-corrected chi connectivity index (χ2v) is 5.15. The topological polar surface area (TPSA) is 98.8 Å². The predicted octanol–water partition coefficient (Wildman–Crippen LogP) is 1.85. The van der Waals surface area contributed by atoms with Crippen LogP contribution in [0.1, 0.15) is 6.42 Å². The zero-order valence-electron chi connectivity index (χ0n) is 12.2. The number of rotatable bonds is 6. The molecule has 0 saturated carbocycles. The maximum Gasteiger partial charge on any atom is 0.375 e. The van der Waals surface area contributed by atoms with E-state index in [1.165, 1.54) is 18.2 Å². The Morgan fingerprint density at radius 3 is 2.35 bits per heavy atom. The van der Waals surface area contributed by atoms with Crippen molar-refractivity contribution in [3.05, 3.63) is 28.2 Å². The third-order valence-corrected chi connectivity index (χ3v) is 3.35. The van der Waals surface area contributed by atoms with Crippen LogP contribution in [0.15, 0.2) is 18.2 Å². The minimum atomic E-state index is -1.61. The standard InChI is InChI=1S/C14H13Cl2NO6/c1-22-13(20)8(12(19)14(21)23-2)6-11(18)17-10-5-7(15)3-4-9(10)16/h3-5,8H,6H2,1-2H3,(H,17,18). The normalized spacial score (nSPS) is 11.3. The molecule has 0 radical (unpaired) electrons. The van der Waals surface area contributed by atoms with E-state index in [2.05, 4.69) is 14.8 Å². The van der Waals surface area contributed by atoms with Gasteiger partial charge < -0.3 is 14.8 Å². The molecule has 23 heavy (non-hydrogen) atoms. The first kappa shape index (κ1) is 18.9. The summed E-state index contributed by atoms with van der Waals surface area (Å²) in [4.78, 5) is 46.6. The van der Waals surface area contributed by atoms with Gasteiger partial charge in [0.25, 0.3) is 5.78 Å². The van der Waals surface area contributed by atoms with Crippen molar-refractivity contribution >= 4 is 52.5 Å². The van der Waals surface area contributed by atoms with Crippen molar-refractivity contribution in [2.24, 2.45) is 5.92 Å². The number of ether oxygens (including phenoxy) is 2. The van der Waals surface area contributed by atoms with Crippen LogP contribution in [0.25, 0.3) is 0 Å². The number of amides is 1. The molecule has 0 aliphatic heterocycles. The van der Waals surface area contributed by atoms with E-state index in [0.717, 1.165) is 14.2 Å². The lowest BCUT2D eigenvalue weighted by Crippen LogP contribution is -2.35. The molecule has 0 aliphatic carbocycles. The highest BCUT2D eigenvalue weighted by molar-refractivity contribution is 6.38. The second kappa shape index (κ2) is 8.50. The summed E-state index contributed by atoms with van der Waals surface area (Å²) in [6, 6.07) is 4.39. The van der Waals surface area contributed by atoms with Gasteiger partial charge in [-0.3, -0.25) is 14.4 Å². The summed E-state index contributed by atoms with van der Waals surface area (Å²) < 4.78 is 8.68. The Balaban J connectivity index is 2.89. The Labute approximate surface area is 141 Å². The van der Waals surface area contributed by atoms with Gasteiger partial charge in [0.1, 0.15) is 5.92 Å². The van der Waals surface area contributed by atoms with Crippen LogP contribution in [0, 0.1) is 5.92 Å². The van der Waals surface area contributed by atoms with Crippen molar-refractivity contribution in [2.75, 3.05) is 19.5 Å². The highest BCUT2D eigenvalue weighted by Gasteiger charge is 2.35. The second-order valence-electron chi connectivity index (χ2n) is 4.31. The van der Waals surface area contributed by atoms with Crippen LogP contribution >= 0.6 is 23.2 Å². The fourth-order valence-corrected chi connectivity index (χ4v) is 1.98.